The molecule has 2 aromatic rings. The fourth-order valence-corrected chi connectivity index (χ4v) is 4.04. The van der Waals surface area contributed by atoms with E-state index in [0.29, 0.717) is 17.7 Å². The predicted octanol–water partition coefficient (Wildman–Crippen LogP) is 3.36. The lowest BCUT2D eigenvalue weighted by Gasteiger charge is -2.19. The highest BCUT2D eigenvalue weighted by Crippen LogP contribution is 2.27. The number of ether oxygens (including phenoxy) is 1. The van der Waals surface area contributed by atoms with Crippen molar-refractivity contribution >= 4 is 23.4 Å². The van der Waals surface area contributed by atoms with E-state index in [1.54, 1.807) is 24.1 Å². The summed E-state index contributed by atoms with van der Waals surface area (Å²) in [4.78, 5) is 41.3. The molecular formula is C23H24N2O4. The van der Waals surface area contributed by atoms with Crippen LogP contribution in [0.25, 0.3) is 0 Å². The second-order valence-corrected chi connectivity index (χ2v) is 7.83. The minimum absolute atomic E-state index is 0.103. The Bertz CT molecular complexity index is 988. The molecule has 0 spiro atoms. The molecule has 0 aliphatic carbocycles. The summed E-state index contributed by atoms with van der Waals surface area (Å²) in [6.45, 7) is 4.89. The number of hydrogen-bond acceptors (Lipinski definition) is 4. The molecule has 0 radical (unpaired) electrons. The molecule has 2 heterocycles. The van der Waals surface area contributed by atoms with Gasteiger partial charge in [0.2, 0.25) is 0 Å². The van der Waals surface area contributed by atoms with Crippen LogP contribution in [0.2, 0.25) is 0 Å². The molecule has 1 unspecified atom stereocenters. The van der Waals surface area contributed by atoms with Gasteiger partial charge in [-0.05, 0) is 68.1 Å². The number of carbonyl (C=O) groups excluding carboxylic acids is 3. The average molecular weight is 392 g/mol. The van der Waals surface area contributed by atoms with Crippen molar-refractivity contribution in [1.82, 2.24) is 4.90 Å². The summed E-state index contributed by atoms with van der Waals surface area (Å²) in [5.41, 5.74) is 3.94. The Morgan fingerprint density at radius 1 is 1.07 bits per heavy atom. The lowest BCUT2D eigenvalue weighted by molar-refractivity contribution is 0.0475. The fourth-order valence-electron chi connectivity index (χ4n) is 4.04. The van der Waals surface area contributed by atoms with Crippen molar-refractivity contribution in [3.05, 3.63) is 64.2 Å². The van der Waals surface area contributed by atoms with Crippen molar-refractivity contribution in [3.63, 3.8) is 0 Å². The smallest absolute Gasteiger partial charge is 0.261 e. The SMILES string of the molecule is Cc1cc(C)cc(N(C)C(=O)c2ccc3c(c2)C(=O)N(CC2CCCO2)C3=O)c1. The van der Waals surface area contributed by atoms with Crippen LogP contribution in [0.4, 0.5) is 5.69 Å². The number of amides is 3. The second kappa shape index (κ2) is 7.44. The third kappa shape index (κ3) is 3.56. The van der Waals surface area contributed by atoms with Crippen LogP contribution in [0, 0.1) is 13.8 Å². The molecule has 0 saturated carbocycles. The molecule has 1 atom stereocenters. The van der Waals surface area contributed by atoms with Gasteiger partial charge in [0.05, 0.1) is 23.8 Å². The first-order chi connectivity index (χ1) is 13.8. The van der Waals surface area contributed by atoms with Gasteiger partial charge in [-0.15, -0.1) is 0 Å². The van der Waals surface area contributed by atoms with Crippen LogP contribution >= 0.6 is 0 Å². The van der Waals surface area contributed by atoms with Gasteiger partial charge in [0.15, 0.2) is 0 Å². The first-order valence-corrected chi connectivity index (χ1v) is 9.83. The zero-order valence-electron chi connectivity index (χ0n) is 16.9. The third-order valence-electron chi connectivity index (χ3n) is 5.53. The van der Waals surface area contributed by atoms with E-state index in [0.717, 1.165) is 29.7 Å². The monoisotopic (exact) mass is 392 g/mol. The highest BCUT2D eigenvalue weighted by molar-refractivity contribution is 6.22. The Morgan fingerprint density at radius 3 is 2.41 bits per heavy atom. The molecule has 0 N–H and O–H groups in total. The van der Waals surface area contributed by atoms with E-state index >= 15 is 0 Å². The lowest BCUT2D eigenvalue weighted by atomic mass is 10.0. The number of benzene rings is 2. The van der Waals surface area contributed by atoms with Gasteiger partial charge < -0.3 is 9.64 Å². The summed E-state index contributed by atoms with van der Waals surface area (Å²) in [7, 11) is 1.71. The molecular weight excluding hydrogens is 368 g/mol. The normalized spacial score (nSPS) is 18.3. The Labute approximate surface area is 170 Å². The predicted molar refractivity (Wildman–Crippen MR) is 109 cm³/mol. The molecule has 2 aromatic carbocycles. The molecule has 1 saturated heterocycles. The molecule has 6 heteroatoms. The quantitative estimate of drug-likeness (QED) is 0.749. The van der Waals surface area contributed by atoms with Gasteiger partial charge in [-0.25, -0.2) is 0 Å². The molecule has 4 rings (SSSR count). The summed E-state index contributed by atoms with van der Waals surface area (Å²) in [5.74, 6) is -0.901. The maximum absolute atomic E-state index is 13.0. The van der Waals surface area contributed by atoms with Gasteiger partial charge in [-0.3, -0.25) is 19.3 Å². The first kappa shape index (κ1) is 19.3. The lowest BCUT2D eigenvalue weighted by Crippen LogP contribution is -2.36. The number of aryl methyl sites for hydroxylation is 2. The summed E-state index contributed by atoms with van der Waals surface area (Å²) < 4.78 is 5.57. The highest BCUT2D eigenvalue weighted by atomic mass is 16.5. The fraction of sp³-hybridized carbons (Fsp3) is 0.348. The van der Waals surface area contributed by atoms with Crippen LogP contribution in [-0.4, -0.2) is 48.9 Å². The summed E-state index contributed by atoms with van der Waals surface area (Å²) in [6, 6.07) is 10.7. The molecule has 2 aliphatic rings. The molecule has 2 aliphatic heterocycles. The van der Waals surface area contributed by atoms with E-state index in [-0.39, 0.29) is 35.9 Å². The van der Waals surface area contributed by atoms with E-state index in [1.165, 1.54) is 11.0 Å². The Morgan fingerprint density at radius 2 is 1.76 bits per heavy atom. The van der Waals surface area contributed by atoms with E-state index in [2.05, 4.69) is 0 Å². The van der Waals surface area contributed by atoms with Gasteiger partial charge in [0, 0.05) is 24.9 Å². The van der Waals surface area contributed by atoms with E-state index in [4.69, 9.17) is 4.74 Å². The van der Waals surface area contributed by atoms with Gasteiger partial charge in [0.25, 0.3) is 17.7 Å². The van der Waals surface area contributed by atoms with E-state index < -0.39 is 0 Å². The minimum atomic E-state index is -0.357. The minimum Gasteiger partial charge on any atom is -0.376 e. The first-order valence-electron chi connectivity index (χ1n) is 9.83. The van der Waals surface area contributed by atoms with Gasteiger partial charge in [-0.2, -0.15) is 0 Å². The number of imide groups is 1. The number of fused-ring (bicyclic) bond motifs is 1. The maximum atomic E-state index is 13.0. The summed E-state index contributed by atoms with van der Waals surface area (Å²) >= 11 is 0. The van der Waals surface area contributed by atoms with Crippen molar-refractivity contribution in [3.8, 4) is 0 Å². The standard InChI is InChI=1S/C23H24N2O4/c1-14-9-15(2)11-17(10-14)24(3)21(26)16-6-7-19-20(12-16)23(28)25(22(19)27)13-18-5-4-8-29-18/h6-7,9-12,18H,4-5,8,13H2,1-3H3. The Balaban J connectivity index is 1.59. The maximum Gasteiger partial charge on any atom is 0.261 e. The van der Waals surface area contributed by atoms with Crippen LogP contribution in [0.3, 0.4) is 0 Å². The van der Waals surface area contributed by atoms with Crippen molar-refractivity contribution in [1.29, 1.82) is 0 Å². The van der Waals surface area contributed by atoms with E-state index in [9.17, 15) is 14.4 Å². The van der Waals surface area contributed by atoms with Crippen molar-refractivity contribution in [2.24, 2.45) is 0 Å². The van der Waals surface area contributed by atoms with Crippen molar-refractivity contribution < 1.29 is 19.1 Å². The number of hydrogen-bond donors (Lipinski definition) is 0. The molecule has 0 aromatic heterocycles. The van der Waals surface area contributed by atoms with Gasteiger partial charge >= 0.3 is 0 Å². The van der Waals surface area contributed by atoms with E-state index in [1.807, 2.05) is 32.0 Å². The van der Waals surface area contributed by atoms with Crippen molar-refractivity contribution in [2.75, 3.05) is 25.1 Å². The third-order valence-corrected chi connectivity index (χ3v) is 5.53. The molecule has 29 heavy (non-hydrogen) atoms. The van der Waals surface area contributed by atoms with Gasteiger partial charge in [-0.1, -0.05) is 6.07 Å². The molecule has 0 bridgehead atoms. The average Bonchev–Trinajstić information content (AvgIpc) is 3.29. The number of anilines is 1. The molecule has 1 fully saturated rings. The molecule has 3 amide bonds. The van der Waals surface area contributed by atoms with Gasteiger partial charge in [0.1, 0.15) is 0 Å². The van der Waals surface area contributed by atoms with Crippen LogP contribution in [-0.2, 0) is 4.74 Å². The van der Waals surface area contributed by atoms with Crippen LogP contribution in [0.5, 0.6) is 0 Å². The second-order valence-electron chi connectivity index (χ2n) is 7.83. The molecule has 150 valence electrons. The zero-order chi connectivity index (χ0) is 20.7. The zero-order valence-corrected chi connectivity index (χ0v) is 16.9. The summed E-state index contributed by atoms with van der Waals surface area (Å²) in [6.07, 6.45) is 1.68. The Hall–Kier alpha value is -2.99. The Kier molecular flexibility index (Phi) is 4.96. The largest absolute Gasteiger partial charge is 0.376 e. The van der Waals surface area contributed by atoms with Crippen LogP contribution < -0.4 is 4.90 Å². The number of rotatable bonds is 4. The highest BCUT2D eigenvalue weighted by Gasteiger charge is 2.38. The van der Waals surface area contributed by atoms with Crippen LogP contribution in [0.1, 0.15) is 55.0 Å². The summed E-state index contributed by atoms with van der Waals surface area (Å²) in [5, 5.41) is 0. The van der Waals surface area contributed by atoms with Crippen LogP contribution in [0.15, 0.2) is 36.4 Å². The number of nitrogens with zero attached hydrogens (tertiary/aromatic N) is 2. The topological polar surface area (TPSA) is 66.9 Å². The molecule has 6 nitrogen and oxygen atoms in total. The van der Waals surface area contributed by atoms with Crippen molar-refractivity contribution in [2.45, 2.75) is 32.8 Å². The number of carbonyl (C=O) groups is 3.